The molecule has 0 aliphatic heterocycles. The SMILES string of the molecule is N#CCC(=O)Nc1ccc(B(O)O)cc1. The zero-order valence-electron chi connectivity index (χ0n) is 7.84. The molecule has 0 aromatic heterocycles. The molecule has 0 aliphatic rings. The van der Waals surface area contributed by atoms with Crippen molar-refractivity contribution in [2.75, 3.05) is 5.32 Å². The molecule has 0 spiro atoms. The largest absolute Gasteiger partial charge is 0.488 e. The van der Waals surface area contributed by atoms with Gasteiger partial charge in [-0.25, -0.2) is 0 Å². The van der Waals surface area contributed by atoms with Gasteiger partial charge in [0.2, 0.25) is 5.91 Å². The second-order valence-corrected chi connectivity index (χ2v) is 2.88. The molecule has 1 aromatic rings. The number of nitriles is 1. The Hall–Kier alpha value is -1.84. The molecule has 0 unspecified atom stereocenters. The molecule has 76 valence electrons. The summed E-state index contributed by atoms with van der Waals surface area (Å²) in [6, 6.07) is 7.75. The Morgan fingerprint density at radius 1 is 1.40 bits per heavy atom. The molecule has 0 saturated heterocycles. The number of carbonyl (C=O) groups excluding carboxylic acids is 1. The summed E-state index contributed by atoms with van der Waals surface area (Å²) in [6.45, 7) is 0. The highest BCUT2D eigenvalue weighted by molar-refractivity contribution is 6.58. The van der Waals surface area contributed by atoms with E-state index in [2.05, 4.69) is 5.32 Å². The lowest BCUT2D eigenvalue weighted by Crippen LogP contribution is -2.29. The normalized spacial score (nSPS) is 9.13. The first-order valence-corrected chi connectivity index (χ1v) is 4.26. The molecule has 6 heteroatoms. The number of nitrogens with zero attached hydrogens (tertiary/aromatic N) is 1. The molecule has 0 fully saturated rings. The molecule has 0 bridgehead atoms. The van der Waals surface area contributed by atoms with Crippen molar-refractivity contribution in [1.29, 1.82) is 5.26 Å². The van der Waals surface area contributed by atoms with Crippen LogP contribution in [0.2, 0.25) is 0 Å². The molecule has 5 nitrogen and oxygen atoms in total. The van der Waals surface area contributed by atoms with Gasteiger partial charge in [-0.1, -0.05) is 12.1 Å². The van der Waals surface area contributed by atoms with Crippen LogP contribution < -0.4 is 10.8 Å². The molecule has 1 amide bonds. The summed E-state index contributed by atoms with van der Waals surface area (Å²) >= 11 is 0. The van der Waals surface area contributed by atoms with Crippen LogP contribution in [0.3, 0.4) is 0 Å². The Morgan fingerprint density at radius 3 is 2.47 bits per heavy atom. The Labute approximate surface area is 87.1 Å². The van der Waals surface area contributed by atoms with Crippen molar-refractivity contribution in [3.63, 3.8) is 0 Å². The molecule has 15 heavy (non-hydrogen) atoms. The Morgan fingerprint density at radius 2 is 2.00 bits per heavy atom. The third kappa shape index (κ3) is 3.42. The van der Waals surface area contributed by atoms with E-state index in [0.717, 1.165) is 0 Å². The van der Waals surface area contributed by atoms with Gasteiger partial charge in [-0.15, -0.1) is 0 Å². The molecular weight excluding hydrogens is 195 g/mol. The third-order valence-corrected chi connectivity index (χ3v) is 1.73. The number of rotatable bonds is 3. The van der Waals surface area contributed by atoms with Gasteiger partial charge < -0.3 is 15.4 Å². The van der Waals surface area contributed by atoms with Crippen LogP contribution in [0.4, 0.5) is 5.69 Å². The summed E-state index contributed by atoms with van der Waals surface area (Å²) in [7, 11) is -1.52. The van der Waals surface area contributed by atoms with Gasteiger partial charge in [-0.2, -0.15) is 5.26 Å². The van der Waals surface area contributed by atoms with Gasteiger partial charge in [0, 0.05) is 5.69 Å². The molecule has 1 aromatic carbocycles. The zero-order valence-corrected chi connectivity index (χ0v) is 7.84. The Kier molecular flexibility index (Phi) is 3.86. The molecule has 1 rings (SSSR count). The van der Waals surface area contributed by atoms with Crippen LogP contribution in [0, 0.1) is 11.3 Å². The summed E-state index contributed by atoms with van der Waals surface area (Å²) in [5, 5.41) is 28.4. The number of amides is 1. The van der Waals surface area contributed by atoms with E-state index in [4.69, 9.17) is 15.3 Å². The minimum atomic E-state index is -1.52. The number of hydrogen-bond donors (Lipinski definition) is 3. The van der Waals surface area contributed by atoms with Crippen molar-refractivity contribution in [3.8, 4) is 6.07 Å². The molecule has 0 radical (unpaired) electrons. The third-order valence-electron chi connectivity index (χ3n) is 1.73. The first-order valence-electron chi connectivity index (χ1n) is 4.26. The van der Waals surface area contributed by atoms with E-state index in [0.29, 0.717) is 11.2 Å². The van der Waals surface area contributed by atoms with Crippen molar-refractivity contribution in [2.24, 2.45) is 0 Å². The maximum absolute atomic E-state index is 11.0. The molecule has 0 atom stereocenters. The van der Waals surface area contributed by atoms with Crippen LogP contribution in [0.1, 0.15) is 6.42 Å². The lowest BCUT2D eigenvalue weighted by molar-refractivity contribution is -0.115. The first-order chi connectivity index (χ1) is 7.13. The minimum absolute atomic E-state index is 0.204. The predicted molar refractivity (Wildman–Crippen MR) is 55.1 cm³/mol. The number of carbonyl (C=O) groups is 1. The van der Waals surface area contributed by atoms with E-state index >= 15 is 0 Å². The van der Waals surface area contributed by atoms with Gasteiger partial charge in [0.1, 0.15) is 6.42 Å². The second kappa shape index (κ2) is 5.15. The Balaban J connectivity index is 2.65. The smallest absolute Gasteiger partial charge is 0.423 e. The van der Waals surface area contributed by atoms with E-state index in [1.54, 1.807) is 6.07 Å². The standard InChI is InChI=1S/C9H9BN2O3/c11-6-5-9(13)12-8-3-1-7(2-4-8)10(14)15/h1-4,14-15H,5H2,(H,12,13). The van der Waals surface area contributed by atoms with Crippen LogP contribution in [0.5, 0.6) is 0 Å². The van der Waals surface area contributed by atoms with Crippen molar-refractivity contribution < 1.29 is 14.8 Å². The maximum Gasteiger partial charge on any atom is 0.488 e. The van der Waals surface area contributed by atoms with Gasteiger partial charge in [-0.3, -0.25) is 4.79 Å². The molecular formula is C9H9BN2O3. The van der Waals surface area contributed by atoms with Crippen molar-refractivity contribution in [2.45, 2.75) is 6.42 Å². The topological polar surface area (TPSA) is 93.4 Å². The predicted octanol–water partition coefficient (Wildman–Crippen LogP) is -0.781. The summed E-state index contributed by atoms with van der Waals surface area (Å²) in [5.41, 5.74) is 0.855. The summed E-state index contributed by atoms with van der Waals surface area (Å²) in [6.07, 6.45) is -0.204. The average Bonchev–Trinajstić information content (AvgIpc) is 2.18. The average molecular weight is 204 g/mol. The van der Waals surface area contributed by atoms with E-state index in [9.17, 15) is 4.79 Å². The fraction of sp³-hybridized carbons (Fsp3) is 0.111. The quantitative estimate of drug-likeness (QED) is 0.563. The summed E-state index contributed by atoms with van der Waals surface area (Å²) in [5.74, 6) is -0.394. The number of benzene rings is 1. The molecule has 0 aliphatic carbocycles. The van der Waals surface area contributed by atoms with Gasteiger partial charge in [0.25, 0.3) is 0 Å². The highest BCUT2D eigenvalue weighted by Gasteiger charge is 2.10. The minimum Gasteiger partial charge on any atom is -0.423 e. The van der Waals surface area contributed by atoms with Crippen molar-refractivity contribution in [1.82, 2.24) is 0 Å². The first kappa shape index (κ1) is 11.2. The fourth-order valence-corrected chi connectivity index (χ4v) is 1.02. The summed E-state index contributed by atoms with van der Waals surface area (Å²) in [4.78, 5) is 11.0. The van der Waals surface area contributed by atoms with Crippen LogP contribution in [0.25, 0.3) is 0 Å². The van der Waals surface area contributed by atoms with Crippen molar-refractivity contribution >= 4 is 24.2 Å². The molecule has 0 saturated carbocycles. The lowest BCUT2D eigenvalue weighted by atomic mass is 9.80. The van der Waals surface area contributed by atoms with Crippen LogP contribution in [-0.4, -0.2) is 23.1 Å². The van der Waals surface area contributed by atoms with Crippen LogP contribution in [0.15, 0.2) is 24.3 Å². The molecule has 0 heterocycles. The summed E-state index contributed by atoms with van der Waals surface area (Å²) < 4.78 is 0. The second-order valence-electron chi connectivity index (χ2n) is 2.88. The van der Waals surface area contributed by atoms with Crippen LogP contribution >= 0.6 is 0 Å². The molecule has 3 N–H and O–H groups in total. The number of hydrogen-bond acceptors (Lipinski definition) is 4. The van der Waals surface area contributed by atoms with E-state index in [1.165, 1.54) is 24.3 Å². The van der Waals surface area contributed by atoms with Crippen LogP contribution in [-0.2, 0) is 4.79 Å². The van der Waals surface area contributed by atoms with Gasteiger partial charge in [0.05, 0.1) is 6.07 Å². The monoisotopic (exact) mass is 204 g/mol. The maximum atomic E-state index is 11.0. The lowest BCUT2D eigenvalue weighted by Gasteiger charge is -2.03. The van der Waals surface area contributed by atoms with E-state index < -0.39 is 13.0 Å². The Bertz CT molecular complexity index is 383. The van der Waals surface area contributed by atoms with Crippen molar-refractivity contribution in [3.05, 3.63) is 24.3 Å². The highest BCUT2D eigenvalue weighted by atomic mass is 16.4. The number of nitrogens with one attached hydrogen (secondary N) is 1. The van der Waals surface area contributed by atoms with Gasteiger partial charge >= 0.3 is 7.12 Å². The highest BCUT2D eigenvalue weighted by Crippen LogP contribution is 2.04. The van der Waals surface area contributed by atoms with Gasteiger partial charge in [0.15, 0.2) is 0 Å². The van der Waals surface area contributed by atoms with Gasteiger partial charge in [-0.05, 0) is 17.6 Å². The van der Waals surface area contributed by atoms with E-state index in [-0.39, 0.29) is 6.42 Å². The fourth-order valence-electron chi connectivity index (χ4n) is 1.02. The van der Waals surface area contributed by atoms with E-state index in [1.807, 2.05) is 0 Å². The number of anilines is 1. The zero-order chi connectivity index (χ0) is 11.3.